The largest absolute Gasteiger partial charge is 0.344 e. The first kappa shape index (κ1) is 11.0. The maximum absolute atomic E-state index is 11.4. The van der Waals surface area contributed by atoms with Crippen LogP contribution in [0.3, 0.4) is 0 Å². The Morgan fingerprint density at radius 3 is 2.86 bits per heavy atom. The summed E-state index contributed by atoms with van der Waals surface area (Å²) in [6, 6.07) is -0.302. The summed E-state index contributed by atoms with van der Waals surface area (Å²) in [6.45, 7) is 1.37. The van der Waals surface area contributed by atoms with Gasteiger partial charge in [0.25, 0.3) is 0 Å². The Balaban J connectivity index is 2.30. The van der Waals surface area contributed by atoms with Crippen molar-refractivity contribution < 1.29 is 9.59 Å². The van der Waals surface area contributed by atoms with Crippen LogP contribution in [0.5, 0.6) is 0 Å². The molecule has 14 heavy (non-hydrogen) atoms. The van der Waals surface area contributed by atoms with Crippen LogP contribution in [0.1, 0.15) is 12.8 Å². The lowest BCUT2D eigenvalue weighted by Crippen LogP contribution is -2.41. The molecule has 1 heterocycles. The van der Waals surface area contributed by atoms with Gasteiger partial charge in [-0.1, -0.05) is 0 Å². The zero-order valence-corrected chi connectivity index (χ0v) is 8.67. The summed E-state index contributed by atoms with van der Waals surface area (Å²) in [6.07, 6.45) is 1.14. The van der Waals surface area contributed by atoms with Crippen molar-refractivity contribution in [2.75, 3.05) is 27.2 Å². The molecule has 0 aromatic carbocycles. The quantitative estimate of drug-likeness (QED) is 0.607. The second kappa shape index (κ2) is 4.95. The van der Waals surface area contributed by atoms with Gasteiger partial charge in [-0.3, -0.25) is 9.59 Å². The Hall–Kier alpha value is -1.10. The Labute approximate surface area is 83.8 Å². The average molecular weight is 199 g/mol. The van der Waals surface area contributed by atoms with Crippen LogP contribution in [0.4, 0.5) is 0 Å². The first-order chi connectivity index (χ1) is 6.65. The summed E-state index contributed by atoms with van der Waals surface area (Å²) in [5.74, 6) is -0.0455. The van der Waals surface area contributed by atoms with Gasteiger partial charge in [0.05, 0.1) is 0 Å². The molecule has 2 amide bonds. The second-order valence-electron chi connectivity index (χ2n) is 3.52. The highest BCUT2D eigenvalue weighted by Gasteiger charge is 2.29. The third-order valence-electron chi connectivity index (χ3n) is 2.36. The molecule has 1 aliphatic rings. The van der Waals surface area contributed by atoms with Crippen molar-refractivity contribution in [1.29, 1.82) is 0 Å². The number of hydrogen-bond donors (Lipinski definition) is 2. The number of rotatable bonds is 4. The number of carbonyl (C=O) groups is 2. The van der Waals surface area contributed by atoms with E-state index in [-0.39, 0.29) is 17.9 Å². The Morgan fingerprint density at radius 2 is 2.36 bits per heavy atom. The fraction of sp³-hybridized carbons (Fsp3) is 0.778. The first-order valence-corrected chi connectivity index (χ1v) is 4.84. The Bertz CT molecular complexity index is 230. The van der Waals surface area contributed by atoms with Crippen LogP contribution in [-0.4, -0.2) is 49.9 Å². The molecule has 0 spiro atoms. The summed E-state index contributed by atoms with van der Waals surface area (Å²) in [5.41, 5.74) is 0. The summed E-state index contributed by atoms with van der Waals surface area (Å²) in [4.78, 5) is 24.3. The van der Waals surface area contributed by atoms with Crippen LogP contribution in [-0.2, 0) is 9.59 Å². The summed E-state index contributed by atoms with van der Waals surface area (Å²) in [5, 5.41) is 5.61. The van der Waals surface area contributed by atoms with Gasteiger partial charge >= 0.3 is 0 Å². The topological polar surface area (TPSA) is 61.4 Å². The van der Waals surface area contributed by atoms with Gasteiger partial charge in [-0.15, -0.1) is 0 Å². The van der Waals surface area contributed by atoms with Crippen molar-refractivity contribution in [2.24, 2.45) is 0 Å². The summed E-state index contributed by atoms with van der Waals surface area (Å²) < 4.78 is 0. The highest BCUT2D eigenvalue weighted by Crippen LogP contribution is 2.08. The number of hydrogen-bond acceptors (Lipinski definition) is 3. The number of likely N-dealkylation sites (N-methyl/N-ethyl adjacent to an activating group) is 1. The van der Waals surface area contributed by atoms with E-state index in [2.05, 4.69) is 10.6 Å². The highest BCUT2D eigenvalue weighted by atomic mass is 16.2. The minimum atomic E-state index is -0.302. The molecule has 0 aromatic heterocycles. The number of carbonyl (C=O) groups excluding carboxylic acids is 2. The zero-order valence-electron chi connectivity index (χ0n) is 8.67. The molecule has 0 aromatic rings. The van der Waals surface area contributed by atoms with Crippen molar-refractivity contribution >= 4 is 11.8 Å². The summed E-state index contributed by atoms with van der Waals surface area (Å²) in [7, 11) is 3.55. The van der Waals surface area contributed by atoms with Crippen molar-refractivity contribution in [3.8, 4) is 0 Å². The van der Waals surface area contributed by atoms with Crippen molar-refractivity contribution in [2.45, 2.75) is 18.9 Å². The van der Waals surface area contributed by atoms with Gasteiger partial charge < -0.3 is 15.5 Å². The fourth-order valence-electron chi connectivity index (χ4n) is 1.46. The van der Waals surface area contributed by atoms with E-state index in [4.69, 9.17) is 0 Å². The third kappa shape index (κ3) is 2.70. The van der Waals surface area contributed by atoms with Crippen LogP contribution < -0.4 is 10.6 Å². The Kier molecular flexibility index (Phi) is 3.88. The van der Waals surface area contributed by atoms with Gasteiger partial charge in [0, 0.05) is 26.6 Å². The molecule has 1 fully saturated rings. The standard InChI is InChI=1S/C9H17N3O2/c1-10-5-3-8(13)11-7-4-6-12(2)9(7)14/h7,10H,3-6H2,1-2H3,(H,11,13). The average Bonchev–Trinajstić information content (AvgIpc) is 2.46. The normalized spacial score (nSPS) is 21.4. The minimum Gasteiger partial charge on any atom is -0.344 e. The Morgan fingerprint density at radius 1 is 1.64 bits per heavy atom. The van der Waals surface area contributed by atoms with E-state index in [0.29, 0.717) is 13.0 Å². The molecule has 0 aliphatic carbocycles. The number of nitrogens with one attached hydrogen (secondary N) is 2. The maximum Gasteiger partial charge on any atom is 0.244 e. The predicted molar refractivity (Wildman–Crippen MR) is 52.7 cm³/mol. The molecule has 1 atom stereocenters. The lowest BCUT2D eigenvalue weighted by molar-refractivity contribution is -0.131. The van der Waals surface area contributed by atoms with Gasteiger partial charge in [-0.25, -0.2) is 0 Å². The van der Waals surface area contributed by atoms with E-state index in [9.17, 15) is 9.59 Å². The van der Waals surface area contributed by atoms with Gasteiger partial charge in [-0.05, 0) is 13.5 Å². The van der Waals surface area contributed by atoms with Gasteiger partial charge in [-0.2, -0.15) is 0 Å². The molecule has 1 aliphatic heterocycles. The van der Waals surface area contributed by atoms with Crippen molar-refractivity contribution in [1.82, 2.24) is 15.5 Å². The molecular weight excluding hydrogens is 182 g/mol. The number of likely N-dealkylation sites (tertiary alicyclic amines) is 1. The van der Waals surface area contributed by atoms with Crippen molar-refractivity contribution in [3.63, 3.8) is 0 Å². The lowest BCUT2D eigenvalue weighted by Gasteiger charge is -2.11. The molecule has 1 saturated heterocycles. The molecule has 0 radical (unpaired) electrons. The molecule has 1 rings (SSSR count). The van der Waals surface area contributed by atoms with Crippen molar-refractivity contribution in [3.05, 3.63) is 0 Å². The molecule has 80 valence electrons. The van der Waals surface area contributed by atoms with E-state index in [1.165, 1.54) is 0 Å². The zero-order chi connectivity index (χ0) is 10.6. The van der Waals surface area contributed by atoms with Gasteiger partial charge in [0.15, 0.2) is 0 Å². The summed E-state index contributed by atoms with van der Waals surface area (Å²) >= 11 is 0. The molecular formula is C9H17N3O2. The first-order valence-electron chi connectivity index (χ1n) is 4.84. The smallest absolute Gasteiger partial charge is 0.244 e. The van der Waals surface area contributed by atoms with Crippen LogP contribution in [0, 0.1) is 0 Å². The molecule has 1 unspecified atom stereocenters. The van der Waals surface area contributed by atoms with Gasteiger partial charge in [0.2, 0.25) is 11.8 Å². The molecule has 5 heteroatoms. The molecule has 0 bridgehead atoms. The van der Waals surface area contributed by atoms with E-state index >= 15 is 0 Å². The molecule has 5 nitrogen and oxygen atoms in total. The fourth-order valence-corrected chi connectivity index (χ4v) is 1.46. The van der Waals surface area contributed by atoms with Gasteiger partial charge in [0.1, 0.15) is 6.04 Å². The van der Waals surface area contributed by atoms with E-state index in [0.717, 1.165) is 13.0 Å². The number of amides is 2. The molecule has 0 saturated carbocycles. The lowest BCUT2D eigenvalue weighted by atomic mass is 10.2. The minimum absolute atomic E-state index is 0.0165. The van der Waals surface area contributed by atoms with E-state index in [1.54, 1.807) is 19.0 Å². The van der Waals surface area contributed by atoms with Crippen LogP contribution >= 0.6 is 0 Å². The monoisotopic (exact) mass is 199 g/mol. The SMILES string of the molecule is CNCCC(=O)NC1CCN(C)C1=O. The van der Waals surface area contributed by atoms with E-state index < -0.39 is 0 Å². The van der Waals surface area contributed by atoms with Crippen LogP contribution in [0.2, 0.25) is 0 Å². The highest BCUT2D eigenvalue weighted by molar-refractivity contribution is 5.88. The van der Waals surface area contributed by atoms with E-state index in [1.807, 2.05) is 0 Å². The van der Waals surface area contributed by atoms with Crippen LogP contribution in [0.15, 0.2) is 0 Å². The molecule has 2 N–H and O–H groups in total. The predicted octanol–water partition coefficient (Wildman–Crippen LogP) is -1.06. The second-order valence-corrected chi connectivity index (χ2v) is 3.52. The third-order valence-corrected chi connectivity index (χ3v) is 2.36. The van der Waals surface area contributed by atoms with Crippen LogP contribution in [0.25, 0.3) is 0 Å². The number of nitrogens with zero attached hydrogens (tertiary/aromatic N) is 1. The maximum atomic E-state index is 11.4.